The van der Waals surface area contributed by atoms with Gasteiger partial charge in [0.1, 0.15) is 36.3 Å². The molecule has 2 aromatic heterocycles. The molecule has 3 heterocycles. The summed E-state index contributed by atoms with van der Waals surface area (Å²) in [4.78, 5) is 13.3. The van der Waals surface area contributed by atoms with E-state index >= 15 is 0 Å². The first-order valence-corrected chi connectivity index (χ1v) is 11.9. The van der Waals surface area contributed by atoms with Crippen LogP contribution in [0.15, 0.2) is 48.4 Å². The SMILES string of the molecule is C[NH2+]/C=C(\C(=N)OC)c1cc(O[C@H]2COC[C@@H]2O)c2c(Nc3ccc4ncsc4c3)ncnc2c1. The average molecular weight is 494 g/mol. The standard InChI is InChI=1S/C24H24N6O4S/c1-26-8-15(23(25)32-2)13-5-17-22(19(6-13)34-20-10-33-9-18(20)31)24(28-11-27-17)30-14-3-4-16-21(7-14)35-12-29-16/h3-8,11-12,18,20,25-26,31H,9-10H2,1-2H3,(H,27,28,30)/p+1/b15-8-,25-23?/t18-,20-/m0/s1. The fraction of sp³-hybridized carbons (Fsp3) is 0.250. The molecule has 10 nitrogen and oxygen atoms in total. The quantitative estimate of drug-likeness (QED) is 0.227. The van der Waals surface area contributed by atoms with Gasteiger partial charge in [-0.2, -0.15) is 0 Å². The highest BCUT2D eigenvalue weighted by atomic mass is 32.1. The molecule has 0 bridgehead atoms. The van der Waals surface area contributed by atoms with Crippen LogP contribution >= 0.6 is 11.3 Å². The van der Waals surface area contributed by atoms with Gasteiger partial charge in [-0.1, -0.05) is 0 Å². The van der Waals surface area contributed by atoms with Crippen molar-refractivity contribution in [2.75, 3.05) is 32.7 Å². The zero-order valence-electron chi connectivity index (χ0n) is 19.2. The third-order valence-corrected chi connectivity index (χ3v) is 6.46. The lowest BCUT2D eigenvalue weighted by Gasteiger charge is -2.20. The highest BCUT2D eigenvalue weighted by Crippen LogP contribution is 2.36. The highest BCUT2D eigenvalue weighted by Gasteiger charge is 2.29. The van der Waals surface area contributed by atoms with Crippen molar-refractivity contribution in [2.45, 2.75) is 12.2 Å². The van der Waals surface area contributed by atoms with Gasteiger partial charge in [0.05, 0.1) is 59.6 Å². The minimum absolute atomic E-state index is 0.0166. The first-order valence-electron chi connectivity index (χ1n) is 11.0. The lowest BCUT2D eigenvalue weighted by atomic mass is 10.0. The fourth-order valence-corrected chi connectivity index (χ4v) is 4.66. The number of hydrogen-bond acceptors (Lipinski definition) is 10. The van der Waals surface area contributed by atoms with E-state index in [2.05, 4.69) is 20.3 Å². The Labute approximate surface area is 205 Å². The molecule has 0 unspecified atom stereocenters. The van der Waals surface area contributed by atoms with E-state index in [0.717, 1.165) is 15.9 Å². The molecule has 0 amide bonds. The summed E-state index contributed by atoms with van der Waals surface area (Å²) in [6, 6.07) is 9.59. The van der Waals surface area contributed by atoms with Gasteiger partial charge in [0, 0.05) is 5.69 Å². The molecule has 0 saturated carbocycles. The third-order valence-electron chi connectivity index (χ3n) is 5.67. The van der Waals surface area contributed by atoms with Crippen LogP contribution in [0.5, 0.6) is 5.75 Å². The number of aliphatic hydroxyl groups is 1. The second-order valence-corrected chi connectivity index (χ2v) is 8.85. The predicted molar refractivity (Wildman–Crippen MR) is 134 cm³/mol. The maximum Gasteiger partial charge on any atom is 0.219 e. The predicted octanol–water partition coefficient (Wildman–Crippen LogP) is 2.28. The summed E-state index contributed by atoms with van der Waals surface area (Å²) in [6.07, 6.45) is 1.99. The number of anilines is 2. The largest absolute Gasteiger partial charge is 0.484 e. The number of rotatable bonds is 7. The third kappa shape index (κ3) is 4.66. The number of quaternary nitrogens is 1. The molecule has 1 fully saturated rings. The van der Waals surface area contributed by atoms with Crippen molar-refractivity contribution >= 4 is 55.4 Å². The Kier molecular flexibility index (Phi) is 6.55. The molecular weight excluding hydrogens is 468 g/mol. The van der Waals surface area contributed by atoms with E-state index in [9.17, 15) is 5.11 Å². The number of methoxy groups -OCH3 is 1. The van der Waals surface area contributed by atoms with Gasteiger partial charge in [-0.3, -0.25) is 5.41 Å². The first-order chi connectivity index (χ1) is 17.1. The van der Waals surface area contributed by atoms with Gasteiger partial charge in [0.25, 0.3) is 0 Å². The molecule has 1 aliphatic heterocycles. The number of nitrogens with two attached hydrogens (primary N) is 1. The van der Waals surface area contributed by atoms with E-state index in [1.807, 2.05) is 48.2 Å². The maximum atomic E-state index is 10.3. The van der Waals surface area contributed by atoms with Crippen LogP contribution in [0.25, 0.3) is 26.7 Å². The smallest absolute Gasteiger partial charge is 0.219 e. The minimum Gasteiger partial charge on any atom is -0.484 e. The second-order valence-electron chi connectivity index (χ2n) is 7.96. The number of nitrogens with zero attached hydrogens (tertiary/aromatic N) is 3. The van der Waals surface area contributed by atoms with Crippen LogP contribution in [-0.4, -0.2) is 65.5 Å². The first kappa shape index (κ1) is 23.1. The molecule has 0 radical (unpaired) electrons. The monoisotopic (exact) mass is 493 g/mol. The summed E-state index contributed by atoms with van der Waals surface area (Å²) in [5.74, 6) is 1.05. The van der Waals surface area contributed by atoms with Gasteiger partial charge in [-0.05, 0) is 35.9 Å². The molecule has 2 atom stereocenters. The van der Waals surface area contributed by atoms with Crippen LogP contribution in [0.1, 0.15) is 5.56 Å². The van der Waals surface area contributed by atoms with Crippen LogP contribution in [0.2, 0.25) is 0 Å². The van der Waals surface area contributed by atoms with Crippen LogP contribution in [0.3, 0.4) is 0 Å². The number of fused-ring (bicyclic) bond motifs is 2. The van der Waals surface area contributed by atoms with Crippen molar-refractivity contribution in [3.05, 3.63) is 53.9 Å². The summed E-state index contributed by atoms with van der Waals surface area (Å²) in [5, 5.41) is 24.5. The number of aromatic nitrogens is 3. The van der Waals surface area contributed by atoms with Crippen molar-refractivity contribution in [1.29, 1.82) is 5.41 Å². The summed E-state index contributed by atoms with van der Waals surface area (Å²) in [7, 11) is 3.33. The average Bonchev–Trinajstić information content (AvgIpc) is 3.50. The van der Waals surface area contributed by atoms with Crippen molar-refractivity contribution < 1.29 is 24.6 Å². The Balaban J connectivity index is 1.64. The molecular formula is C24H25N6O4S+. The van der Waals surface area contributed by atoms with Crippen molar-refractivity contribution in [3.8, 4) is 5.75 Å². The Morgan fingerprint density at radius 1 is 1.23 bits per heavy atom. The van der Waals surface area contributed by atoms with Crippen molar-refractivity contribution in [3.63, 3.8) is 0 Å². The van der Waals surface area contributed by atoms with Crippen LogP contribution < -0.4 is 15.4 Å². The van der Waals surface area contributed by atoms with Gasteiger partial charge in [-0.25, -0.2) is 15.0 Å². The fourth-order valence-electron chi connectivity index (χ4n) is 3.95. The molecule has 180 valence electrons. The Morgan fingerprint density at radius 3 is 2.89 bits per heavy atom. The molecule has 4 aromatic rings. The molecule has 1 saturated heterocycles. The lowest BCUT2D eigenvalue weighted by molar-refractivity contribution is -0.555. The zero-order valence-corrected chi connectivity index (χ0v) is 20.0. The minimum atomic E-state index is -0.750. The van der Waals surface area contributed by atoms with Crippen LogP contribution in [-0.2, 0) is 9.47 Å². The summed E-state index contributed by atoms with van der Waals surface area (Å²) < 4.78 is 17.9. The molecule has 2 aromatic carbocycles. The van der Waals surface area contributed by atoms with Gasteiger partial charge >= 0.3 is 0 Å². The van der Waals surface area contributed by atoms with E-state index in [-0.39, 0.29) is 19.1 Å². The number of nitrogens with one attached hydrogen (secondary N) is 2. The topological polar surface area (TPSA) is 139 Å². The second kappa shape index (κ2) is 9.92. The van der Waals surface area contributed by atoms with Gasteiger partial charge < -0.3 is 30.0 Å². The van der Waals surface area contributed by atoms with Gasteiger partial charge in [-0.15, -0.1) is 11.3 Å². The van der Waals surface area contributed by atoms with Crippen molar-refractivity contribution in [1.82, 2.24) is 15.0 Å². The summed E-state index contributed by atoms with van der Waals surface area (Å²) in [6.45, 7) is 0.480. The molecule has 5 rings (SSSR count). The molecule has 35 heavy (non-hydrogen) atoms. The normalized spacial score (nSPS) is 18.2. The summed E-state index contributed by atoms with van der Waals surface area (Å²) in [5.41, 5.74) is 5.49. The Hall–Kier alpha value is -3.64. The van der Waals surface area contributed by atoms with Crippen LogP contribution in [0.4, 0.5) is 11.5 Å². The Bertz CT molecular complexity index is 1420. The number of benzene rings is 2. The van der Waals surface area contributed by atoms with E-state index in [1.54, 1.807) is 17.5 Å². The zero-order chi connectivity index (χ0) is 24.4. The number of hydrogen-bond donors (Lipinski definition) is 4. The molecule has 0 aliphatic carbocycles. The number of aliphatic hydroxyl groups excluding tert-OH is 1. The van der Waals surface area contributed by atoms with Crippen LogP contribution in [0, 0.1) is 5.41 Å². The van der Waals surface area contributed by atoms with E-state index < -0.39 is 12.2 Å². The van der Waals surface area contributed by atoms with E-state index in [1.165, 1.54) is 13.4 Å². The molecule has 5 N–H and O–H groups in total. The number of thiazole rings is 1. The molecule has 1 aliphatic rings. The lowest BCUT2D eigenvalue weighted by Crippen LogP contribution is -2.73. The van der Waals surface area contributed by atoms with Gasteiger partial charge in [0.2, 0.25) is 5.90 Å². The van der Waals surface area contributed by atoms with E-state index in [4.69, 9.17) is 19.6 Å². The van der Waals surface area contributed by atoms with Crippen molar-refractivity contribution in [2.24, 2.45) is 0 Å². The molecule has 0 spiro atoms. The van der Waals surface area contributed by atoms with E-state index in [0.29, 0.717) is 33.6 Å². The molecule has 11 heteroatoms. The number of ether oxygens (including phenoxy) is 3. The Morgan fingerprint density at radius 2 is 2.11 bits per heavy atom. The summed E-state index contributed by atoms with van der Waals surface area (Å²) >= 11 is 1.56. The maximum absolute atomic E-state index is 10.3. The highest BCUT2D eigenvalue weighted by molar-refractivity contribution is 7.16. The van der Waals surface area contributed by atoms with Gasteiger partial charge in [0.15, 0.2) is 0 Å².